The van der Waals surface area contributed by atoms with E-state index in [9.17, 15) is 0 Å². The van der Waals surface area contributed by atoms with Crippen LogP contribution in [0.5, 0.6) is 0 Å². The normalized spacial score (nSPS) is 30.0. The number of hydrogen-bond acceptors (Lipinski definition) is 2. The highest BCUT2D eigenvalue weighted by molar-refractivity contribution is 4.81. The van der Waals surface area contributed by atoms with Gasteiger partial charge >= 0.3 is 0 Å². The predicted molar refractivity (Wildman–Crippen MR) is 30.8 cm³/mol. The summed E-state index contributed by atoms with van der Waals surface area (Å²) in [5, 5.41) is 3.17. The summed E-state index contributed by atoms with van der Waals surface area (Å²) >= 11 is 0. The molecule has 2 aliphatic rings. The van der Waals surface area contributed by atoms with Crippen molar-refractivity contribution in [3.05, 3.63) is 0 Å². The Labute approximate surface area is 49.2 Å². The summed E-state index contributed by atoms with van der Waals surface area (Å²) in [5.41, 5.74) is 0. The van der Waals surface area contributed by atoms with Crippen molar-refractivity contribution in [3.8, 4) is 0 Å². The van der Waals surface area contributed by atoms with E-state index in [1.807, 2.05) is 0 Å². The molecule has 0 unspecified atom stereocenters. The summed E-state index contributed by atoms with van der Waals surface area (Å²) < 4.78 is 5.53. The molecular formula is C6H11NO. The van der Waals surface area contributed by atoms with Crippen molar-refractivity contribution < 1.29 is 4.74 Å². The van der Waals surface area contributed by atoms with E-state index in [1.165, 1.54) is 12.8 Å². The fourth-order valence-electron chi connectivity index (χ4n) is 0.835. The summed E-state index contributed by atoms with van der Waals surface area (Å²) in [6.07, 6.45) is 3.80. The Morgan fingerprint density at radius 2 is 1.88 bits per heavy atom. The molecule has 2 heteroatoms. The van der Waals surface area contributed by atoms with Crippen LogP contribution in [0.25, 0.3) is 0 Å². The zero-order valence-corrected chi connectivity index (χ0v) is 4.89. The monoisotopic (exact) mass is 113 g/mol. The topological polar surface area (TPSA) is 21.3 Å². The van der Waals surface area contributed by atoms with Gasteiger partial charge in [0.25, 0.3) is 0 Å². The molecule has 0 aromatic heterocycles. The van der Waals surface area contributed by atoms with E-state index in [2.05, 4.69) is 5.32 Å². The van der Waals surface area contributed by atoms with Gasteiger partial charge < -0.3 is 10.1 Å². The molecule has 0 aromatic carbocycles. The number of nitrogens with one attached hydrogen (secondary N) is 1. The van der Waals surface area contributed by atoms with Gasteiger partial charge in [0.05, 0.1) is 12.2 Å². The number of ether oxygens (including phenoxy) is 1. The maximum absolute atomic E-state index is 5.53. The maximum Gasteiger partial charge on any atom is 0.0827 e. The highest BCUT2D eigenvalue weighted by atomic mass is 16.5. The van der Waals surface area contributed by atoms with E-state index in [0.717, 1.165) is 13.1 Å². The second kappa shape index (κ2) is 1.71. The maximum atomic E-state index is 5.53. The van der Waals surface area contributed by atoms with E-state index >= 15 is 0 Å². The fraction of sp³-hybridized carbons (Fsp3) is 1.00. The second-order valence-electron chi connectivity index (χ2n) is 2.62. The zero-order chi connectivity index (χ0) is 5.40. The van der Waals surface area contributed by atoms with Crippen LogP contribution < -0.4 is 5.32 Å². The van der Waals surface area contributed by atoms with Gasteiger partial charge in [0.2, 0.25) is 0 Å². The molecule has 1 heterocycles. The molecule has 1 aliphatic heterocycles. The molecule has 1 aliphatic carbocycles. The van der Waals surface area contributed by atoms with E-state index in [-0.39, 0.29) is 0 Å². The number of hydrogen-bond donors (Lipinski definition) is 1. The second-order valence-corrected chi connectivity index (χ2v) is 2.62. The summed E-state index contributed by atoms with van der Waals surface area (Å²) in [7, 11) is 0. The number of rotatable bonds is 2. The van der Waals surface area contributed by atoms with Crippen molar-refractivity contribution in [3.63, 3.8) is 0 Å². The first-order valence-electron chi connectivity index (χ1n) is 3.31. The molecule has 2 fully saturated rings. The van der Waals surface area contributed by atoms with Gasteiger partial charge in [-0.15, -0.1) is 0 Å². The van der Waals surface area contributed by atoms with Gasteiger partial charge in [0.15, 0.2) is 0 Å². The highest BCUT2D eigenvalue weighted by Crippen LogP contribution is 2.25. The lowest BCUT2D eigenvalue weighted by Gasteiger charge is -2.26. The van der Waals surface area contributed by atoms with Crippen LogP contribution in [0.2, 0.25) is 0 Å². The highest BCUT2D eigenvalue weighted by Gasteiger charge is 2.28. The Balaban J connectivity index is 1.66. The first-order valence-corrected chi connectivity index (χ1v) is 3.31. The first-order chi connectivity index (χ1) is 3.95. The van der Waals surface area contributed by atoms with Crippen molar-refractivity contribution in [1.29, 1.82) is 0 Å². The van der Waals surface area contributed by atoms with Crippen molar-refractivity contribution >= 4 is 0 Å². The molecule has 1 saturated heterocycles. The van der Waals surface area contributed by atoms with Crippen LogP contribution in [0.4, 0.5) is 0 Å². The smallest absolute Gasteiger partial charge is 0.0827 e. The minimum Gasteiger partial charge on any atom is -0.372 e. The third-order valence-electron chi connectivity index (χ3n) is 1.65. The molecule has 0 amide bonds. The van der Waals surface area contributed by atoms with Crippen LogP contribution in [-0.4, -0.2) is 25.3 Å². The van der Waals surface area contributed by atoms with Gasteiger partial charge in [-0.3, -0.25) is 0 Å². The average molecular weight is 113 g/mol. The van der Waals surface area contributed by atoms with E-state index in [4.69, 9.17) is 4.74 Å². The van der Waals surface area contributed by atoms with Gasteiger partial charge in [0.1, 0.15) is 0 Å². The lowest BCUT2D eigenvalue weighted by atomic mass is 10.2. The molecule has 0 spiro atoms. The molecule has 0 aromatic rings. The standard InChI is InChI=1S/C6H11NO/c1-2-5(1)8-6-3-7-4-6/h5-7H,1-4H2. The van der Waals surface area contributed by atoms with Crippen LogP contribution in [0, 0.1) is 0 Å². The van der Waals surface area contributed by atoms with Crippen LogP contribution >= 0.6 is 0 Å². The Kier molecular flexibility index (Phi) is 1.02. The average Bonchev–Trinajstić information content (AvgIpc) is 2.36. The molecule has 46 valence electrons. The van der Waals surface area contributed by atoms with Crippen LogP contribution in [0.1, 0.15) is 12.8 Å². The fourth-order valence-corrected chi connectivity index (χ4v) is 0.835. The summed E-state index contributed by atoms with van der Waals surface area (Å²) in [6.45, 7) is 2.16. The van der Waals surface area contributed by atoms with Crippen molar-refractivity contribution in [2.45, 2.75) is 25.0 Å². The van der Waals surface area contributed by atoms with Gasteiger partial charge in [-0.05, 0) is 12.8 Å². The lowest BCUT2D eigenvalue weighted by molar-refractivity contribution is 0.00727. The third-order valence-corrected chi connectivity index (χ3v) is 1.65. The van der Waals surface area contributed by atoms with Crippen LogP contribution in [-0.2, 0) is 4.74 Å². The van der Waals surface area contributed by atoms with E-state index in [1.54, 1.807) is 0 Å². The molecule has 1 saturated carbocycles. The summed E-state index contributed by atoms with van der Waals surface area (Å²) in [4.78, 5) is 0. The van der Waals surface area contributed by atoms with Crippen LogP contribution in [0.15, 0.2) is 0 Å². The molecular weight excluding hydrogens is 102 g/mol. The Hall–Kier alpha value is -0.0800. The Bertz CT molecular complexity index is 86.5. The van der Waals surface area contributed by atoms with Crippen molar-refractivity contribution in [1.82, 2.24) is 5.32 Å². The summed E-state index contributed by atoms with van der Waals surface area (Å²) in [5.74, 6) is 0. The zero-order valence-electron chi connectivity index (χ0n) is 4.89. The first kappa shape index (κ1) is 4.77. The van der Waals surface area contributed by atoms with Crippen LogP contribution in [0.3, 0.4) is 0 Å². The predicted octanol–water partition coefficient (Wildman–Crippen LogP) is 0.137. The SMILES string of the molecule is C1CC1OC1CNC1. The van der Waals surface area contributed by atoms with Crippen molar-refractivity contribution in [2.24, 2.45) is 0 Å². The Morgan fingerprint density at radius 1 is 1.12 bits per heavy atom. The van der Waals surface area contributed by atoms with Gasteiger partial charge in [-0.25, -0.2) is 0 Å². The minimum absolute atomic E-state index is 0.558. The molecule has 0 atom stereocenters. The molecule has 1 N–H and O–H groups in total. The molecule has 0 radical (unpaired) electrons. The molecule has 2 rings (SSSR count). The Morgan fingerprint density at radius 3 is 2.25 bits per heavy atom. The third kappa shape index (κ3) is 0.858. The minimum atomic E-state index is 0.558. The van der Waals surface area contributed by atoms with Gasteiger partial charge in [-0.1, -0.05) is 0 Å². The van der Waals surface area contributed by atoms with Crippen molar-refractivity contribution in [2.75, 3.05) is 13.1 Å². The van der Waals surface area contributed by atoms with E-state index < -0.39 is 0 Å². The molecule has 8 heavy (non-hydrogen) atoms. The van der Waals surface area contributed by atoms with Gasteiger partial charge in [0, 0.05) is 13.1 Å². The molecule has 2 nitrogen and oxygen atoms in total. The quantitative estimate of drug-likeness (QED) is 0.550. The lowest BCUT2D eigenvalue weighted by Crippen LogP contribution is -2.48. The largest absolute Gasteiger partial charge is 0.372 e. The summed E-state index contributed by atoms with van der Waals surface area (Å²) in [6, 6.07) is 0. The van der Waals surface area contributed by atoms with Gasteiger partial charge in [-0.2, -0.15) is 0 Å². The molecule has 0 bridgehead atoms. The van der Waals surface area contributed by atoms with E-state index in [0.29, 0.717) is 12.2 Å².